The highest BCUT2D eigenvalue weighted by molar-refractivity contribution is 5.71. The van der Waals surface area contributed by atoms with Crippen LogP contribution in [0.5, 0.6) is 0 Å². The van der Waals surface area contributed by atoms with E-state index in [4.69, 9.17) is 14.2 Å². The molecule has 6 heteroatoms. The van der Waals surface area contributed by atoms with Crippen molar-refractivity contribution in [3.05, 3.63) is 0 Å². The molecule has 0 rings (SSSR count). The van der Waals surface area contributed by atoms with Gasteiger partial charge in [0.25, 0.3) is 0 Å². The molecule has 0 aromatic rings. The molecular formula is C54H104O6. The molecule has 0 spiro atoms. The topological polar surface area (TPSA) is 78.9 Å². The standard InChI is InChI=1S/C54H104O6/c1-7-50(6)42-36-30-24-18-14-10-8-9-11-15-19-25-31-37-43-52(55)58-46-51(47-59-53(56)44-38-32-27-21-23-29-35-41-49(4)5)60-54(57)45-39-33-26-20-16-12-13-17-22-28-34-40-48(2)3/h48-51H,7-47H2,1-6H3/t50?,51-/m1/s1. The van der Waals surface area contributed by atoms with E-state index < -0.39 is 6.10 Å². The van der Waals surface area contributed by atoms with Crippen molar-refractivity contribution < 1.29 is 28.6 Å². The fourth-order valence-corrected chi connectivity index (χ4v) is 8.08. The van der Waals surface area contributed by atoms with Crippen molar-refractivity contribution in [2.45, 2.75) is 298 Å². The highest BCUT2D eigenvalue weighted by atomic mass is 16.6. The Hall–Kier alpha value is -1.59. The molecule has 1 unspecified atom stereocenters. The Labute approximate surface area is 374 Å². The van der Waals surface area contributed by atoms with Gasteiger partial charge in [0.2, 0.25) is 0 Å². The average Bonchev–Trinajstić information content (AvgIpc) is 3.22. The van der Waals surface area contributed by atoms with E-state index in [0.717, 1.165) is 75.5 Å². The Bertz CT molecular complexity index is 931. The van der Waals surface area contributed by atoms with Crippen molar-refractivity contribution >= 4 is 17.9 Å². The summed E-state index contributed by atoms with van der Waals surface area (Å²) in [5.41, 5.74) is 0. The number of ether oxygens (including phenoxy) is 3. The van der Waals surface area contributed by atoms with E-state index >= 15 is 0 Å². The summed E-state index contributed by atoms with van der Waals surface area (Å²) in [6.45, 7) is 13.7. The van der Waals surface area contributed by atoms with E-state index in [9.17, 15) is 14.4 Å². The first-order valence-corrected chi connectivity index (χ1v) is 26.6. The maximum atomic E-state index is 12.8. The maximum absolute atomic E-state index is 12.8. The summed E-state index contributed by atoms with van der Waals surface area (Å²) < 4.78 is 16.8. The molecule has 2 atom stereocenters. The van der Waals surface area contributed by atoms with Gasteiger partial charge >= 0.3 is 17.9 Å². The molecule has 0 fully saturated rings. The predicted octanol–water partition coefficient (Wildman–Crippen LogP) is 17.2. The maximum Gasteiger partial charge on any atom is 0.306 e. The van der Waals surface area contributed by atoms with Gasteiger partial charge in [0, 0.05) is 19.3 Å². The molecule has 0 bridgehead atoms. The summed E-state index contributed by atoms with van der Waals surface area (Å²) >= 11 is 0. The first-order valence-electron chi connectivity index (χ1n) is 26.6. The quantitative estimate of drug-likeness (QED) is 0.0345. The second kappa shape index (κ2) is 45.4. The smallest absolute Gasteiger partial charge is 0.306 e. The number of hydrogen-bond donors (Lipinski definition) is 0. The van der Waals surface area contributed by atoms with Gasteiger partial charge in [-0.3, -0.25) is 14.4 Å². The Morgan fingerprint density at radius 3 is 0.867 bits per heavy atom. The molecule has 0 aromatic heterocycles. The SMILES string of the molecule is CCC(C)CCCCCCCCCCCCCCCCC(=O)OC[C@H](COC(=O)CCCCCCCCCC(C)C)OC(=O)CCCCCCCCCCCCCC(C)C. The zero-order chi connectivity index (χ0) is 44.2. The predicted molar refractivity (Wildman–Crippen MR) is 256 cm³/mol. The summed E-state index contributed by atoms with van der Waals surface area (Å²) in [5.74, 6) is 1.65. The molecule has 0 aliphatic carbocycles. The highest BCUT2D eigenvalue weighted by Gasteiger charge is 2.19. The minimum Gasteiger partial charge on any atom is -0.462 e. The van der Waals surface area contributed by atoms with Crippen molar-refractivity contribution in [2.24, 2.45) is 17.8 Å². The summed E-state index contributed by atoms with van der Waals surface area (Å²) in [6, 6.07) is 0. The number of carbonyl (C=O) groups excluding carboxylic acids is 3. The Morgan fingerprint density at radius 2 is 0.583 bits per heavy atom. The van der Waals surface area contributed by atoms with Gasteiger partial charge in [-0.25, -0.2) is 0 Å². The molecule has 0 aliphatic heterocycles. The van der Waals surface area contributed by atoms with E-state index in [1.165, 1.54) is 173 Å². The Morgan fingerprint density at radius 1 is 0.333 bits per heavy atom. The molecular weight excluding hydrogens is 745 g/mol. The minimum atomic E-state index is -0.763. The average molecular weight is 849 g/mol. The van der Waals surface area contributed by atoms with Crippen molar-refractivity contribution in [1.29, 1.82) is 0 Å². The Balaban J connectivity index is 4.27. The normalized spacial score (nSPS) is 12.6. The second-order valence-corrected chi connectivity index (χ2v) is 19.7. The van der Waals surface area contributed by atoms with Crippen LogP contribution in [0.25, 0.3) is 0 Å². The van der Waals surface area contributed by atoms with Crippen LogP contribution in [0, 0.1) is 17.8 Å². The summed E-state index contributed by atoms with van der Waals surface area (Å²) in [4.78, 5) is 37.9. The van der Waals surface area contributed by atoms with E-state index in [1.807, 2.05) is 0 Å². The van der Waals surface area contributed by atoms with E-state index in [-0.39, 0.29) is 31.1 Å². The third-order valence-corrected chi connectivity index (χ3v) is 12.5. The van der Waals surface area contributed by atoms with Crippen molar-refractivity contribution in [2.75, 3.05) is 13.2 Å². The zero-order valence-corrected chi connectivity index (χ0v) is 41.3. The van der Waals surface area contributed by atoms with E-state index in [1.54, 1.807) is 0 Å². The van der Waals surface area contributed by atoms with Gasteiger partial charge in [-0.15, -0.1) is 0 Å². The zero-order valence-electron chi connectivity index (χ0n) is 41.3. The molecule has 0 heterocycles. The molecule has 60 heavy (non-hydrogen) atoms. The van der Waals surface area contributed by atoms with Gasteiger partial charge < -0.3 is 14.2 Å². The molecule has 0 N–H and O–H groups in total. The summed E-state index contributed by atoms with van der Waals surface area (Å²) in [5, 5.41) is 0. The number of carbonyl (C=O) groups is 3. The van der Waals surface area contributed by atoms with Crippen LogP contribution < -0.4 is 0 Å². The van der Waals surface area contributed by atoms with Gasteiger partial charge in [-0.2, -0.15) is 0 Å². The monoisotopic (exact) mass is 849 g/mol. The third kappa shape index (κ3) is 45.9. The number of rotatable bonds is 47. The van der Waals surface area contributed by atoms with Crippen molar-refractivity contribution in [3.63, 3.8) is 0 Å². The van der Waals surface area contributed by atoms with Gasteiger partial charge in [0.05, 0.1) is 0 Å². The number of esters is 3. The van der Waals surface area contributed by atoms with Crippen LogP contribution in [-0.4, -0.2) is 37.2 Å². The van der Waals surface area contributed by atoms with Gasteiger partial charge in [0.15, 0.2) is 6.10 Å². The summed E-state index contributed by atoms with van der Waals surface area (Å²) in [7, 11) is 0. The van der Waals surface area contributed by atoms with E-state index in [0.29, 0.717) is 19.3 Å². The van der Waals surface area contributed by atoms with Crippen LogP contribution >= 0.6 is 0 Å². The number of hydrogen-bond acceptors (Lipinski definition) is 6. The molecule has 6 nitrogen and oxygen atoms in total. The molecule has 0 radical (unpaired) electrons. The van der Waals surface area contributed by atoms with Gasteiger partial charge in [0.1, 0.15) is 13.2 Å². The van der Waals surface area contributed by atoms with Gasteiger partial charge in [-0.1, -0.05) is 253 Å². The van der Waals surface area contributed by atoms with Gasteiger partial charge in [-0.05, 0) is 37.0 Å². The van der Waals surface area contributed by atoms with Crippen molar-refractivity contribution in [3.8, 4) is 0 Å². The summed E-state index contributed by atoms with van der Waals surface area (Å²) in [6.07, 6.45) is 45.2. The lowest BCUT2D eigenvalue weighted by atomic mass is 9.99. The Kier molecular flexibility index (Phi) is 44.2. The molecule has 0 saturated carbocycles. The van der Waals surface area contributed by atoms with Crippen LogP contribution in [0.4, 0.5) is 0 Å². The van der Waals surface area contributed by atoms with Crippen LogP contribution in [0.3, 0.4) is 0 Å². The van der Waals surface area contributed by atoms with Crippen LogP contribution in [0.2, 0.25) is 0 Å². The van der Waals surface area contributed by atoms with Crippen LogP contribution in [0.15, 0.2) is 0 Å². The molecule has 0 aromatic carbocycles. The van der Waals surface area contributed by atoms with E-state index in [2.05, 4.69) is 41.5 Å². The lowest BCUT2D eigenvalue weighted by Crippen LogP contribution is -2.30. The molecule has 0 amide bonds. The third-order valence-electron chi connectivity index (χ3n) is 12.5. The van der Waals surface area contributed by atoms with Crippen LogP contribution in [0.1, 0.15) is 292 Å². The largest absolute Gasteiger partial charge is 0.462 e. The second-order valence-electron chi connectivity index (χ2n) is 19.7. The van der Waals surface area contributed by atoms with Crippen molar-refractivity contribution in [1.82, 2.24) is 0 Å². The van der Waals surface area contributed by atoms with Crippen LogP contribution in [-0.2, 0) is 28.6 Å². The molecule has 0 aliphatic rings. The first kappa shape index (κ1) is 58.4. The number of unbranched alkanes of at least 4 members (excludes halogenated alkanes) is 29. The lowest BCUT2D eigenvalue weighted by molar-refractivity contribution is -0.167. The fourth-order valence-electron chi connectivity index (χ4n) is 8.08. The fraction of sp³-hybridized carbons (Fsp3) is 0.944. The molecule has 356 valence electrons. The highest BCUT2D eigenvalue weighted by Crippen LogP contribution is 2.18. The first-order chi connectivity index (χ1) is 29.1. The lowest BCUT2D eigenvalue weighted by Gasteiger charge is -2.18. The molecule has 0 saturated heterocycles. The minimum absolute atomic E-state index is 0.0649.